The highest BCUT2D eigenvalue weighted by Gasteiger charge is 2.23. The quantitative estimate of drug-likeness (QED) is 0.717. The number of halogens is 3. The molecule has 132 valence electrons. The molecule has 2 rings (SSSR count). The highest BCUT2D eigenvalue weighted by molar-refractivity contribution is 6.42. The van der Waals surface area contributed by atoms with E-state index in [4.69, 9.17) is 39.5 Å². The second-order valence-electron chi connectivity index (χ2n) is 5.25. The maximum absolute atomic E-state index is 12.2. The highest BCUT2D eigenvalue weighted by Crippen LogP contribution is 2.33. The van der Waals surface area contributed by atoms with E-state index in [1.165, 1.54) is 25.1 Å². The zero-order chi connectivity index (χ0) is 18.7. The second-order valence-corrected chi connectivity index (χ2v) is 6.50. The molecule has 0 aliphatic rings. The Hall–Kier alpha value is -1.95. The Bertz CT molecular complexity index is 816. The van der Waals surface area contributed by atoms with Gasteiger partial charge in [0.15, 0.2) is 6.10 Å². The van der Waals surface area contributed by atoms with Crippen LogP contribution in [-0.2, 0) is 9.53 Å². The van der Waals surface area contributed by atoms with Crippen LogP contribution in [0.4, 0.5) is 5.69 Å². The van der Waals surface area contributed by atoms with Gasteiger partial charge in [0.05, 0.1) is 15.7 Å². The lowest BCUT2D eigenvalue weighted by atomic mass is 10.1. The van der Waals surface area contributed by atoms with Crippen molar-refractivity contribution >= 4 is 52.4 Å². The topological polar surface area (TPSA) is 75.6 Å². The van der Waals surface area contributed by atoms with Gasteiger partial charge in [-0.05, 0) is 37.6 Å². The van der Waals surface area contributed by atoms with Crippen molar-refractivity contribution in [3.05, 3.63) is 56.5 Å². The number of carbonyl (C=O) groups excluding carboxylic acids is 2. The van der Waals surface area contributed by atoms with Gasteiger partial charge < -0.3 is 15.2 Å². The van der Waals surface area contributed by atoms with Crippen LogP contribution in [0.25, 0.3) is 0 Å². The third-order valence-corrected chi connectivity index (χ3v) is 4.18. The Morgan fingerprint density at radius 3 is 2.36 bits per heavy atom. The number of phenolic OH excluding ortho intramolecular Hbond substituents is 1. The number of hydrogen-bond donors (Lipinski definition) is 2. The maximum atomic E-state index is 12.2. The maximum Gasteiger partial charge on any atom is 0.342 e. The number of rotatable bonds is 4. The van der Waals surface area contributed by atoms with Crippen LogP contribution in [0, 0.1) is 6.92 Å². The summed E-state index contributed by atoms with van der Waals surface area (Å²) in [5, 5.41) is 13.0. The van der Waals surface area contributed by atoms with Gasteiger partial charge in [0.1, 0.15) is 11.3 Å². The van der Waals surface area contributed by atoms with Crippen LogP contribution in [0.15, 0.2) is 30.3 Å². The summed E-state index contributed by atoms with van der Waals surface area (Å²) in [5.41, 5.74) is 0.660. The van der Waals surface area contributed by atoms with Crippen LogP contribution >= 0.6 is 34.8 Å². The van der Waals surface area contributed by atoms with E-state index in [2.05, 4.69) is 5.32 Å². The molecular weight excluding hydrogens is 389 g/mol. The van der Waals surface area contributed by atoms with E-state index in [0.29, 0.717) is 10.6 Å². The molecule has 0 radical (unpaired) electrons. The third kappa shape index (κ3) is 4.57. The van der Waals surface area contributed by atoms with Crippen LogP contribution in [0.2, 0.25) is 15.1 Å². The molecule has 0 aliphatic heterocycles. The number of hydrogen-bond acceptors (Lipinski definition) is 4. The Morgan fingerprint density at radius 2 is 1.76 bits per heavy atom. The van der Waals surface area contributed by atoms with E-state index in [1.54, 1.807) is 19.1 Å². The third-order valence-electron chi connectivity index (χ3n) is 3.37. The number of phenols is 1. The molecule has 0 spiro atoms. The van der Waals surface area contributed by atoms with Gasteiger partial charge in [-0.15, -0.1) is 0 Å². The molecule has 0 aliphatic carbocycles. The average molecular weight is 403 g/mol. The van der Waals surface area contributed by atoms with Gasteiger partial charge in [0.25, 0.3) is 5.91 Å². The predicted molar refractivity (Wildman–Crippen MR) is 97.8 cm³/mol. The van der Waals surface area contributed by atoms with E-state index < -0.39 is 18.0 Å². The van der Waals surface area contributed by atoms with Crippen LogP contribution < -0.4 is 5.32 Å². The smallest absolute Gasteiger partial charge is 0.342 e. The summed E-state index contributed by atoms with van der Waals surface area (Å²) in [6.45, 7) is 3.03. The summed E-state index contributed by atoms with van der Waals surface area (Å²) in [4.78, 5) is 24.4. The first-order chi connectivity index (χ1) is 11.7. The Kier molecular flexibility index (Phi) is 6.16. The highest BCUT2D eigenvalue weighted by atomic mass is 35.5. The molecule has 1 atom stereocenters. The number of esters is 1. The number of amides is 1. The largest absolute Gasteiger partial charge is 0.507 e. The molecule has 25 heavy (non-hydrogen) atoms. The van der Waals surface area contributed by atoms with Crippen molar-refractivity contribution in [2.75, 3.05) is 5.32 Å². The van der Waals surface area contributed by atoms with Gasteiger partial charge in [-0.2, -0.15) is 0 Å². The molecule has 1 amide bonds. The zero-order valence-electron chi connectivity index (χ0n) is 13.3. The molecule has 2 aromatic carbocycles. The summed E-state index contributed by atoms with van der Waals surface area (Å²) in [6.07, 6.45) is -1.14. The zero-order valence-corrected chi connectivity index (χ0v) is 15.5. The van der Waals surface area contributed by atoms with Crippen LogP contribution in [0.1, 0.15) is 22.8 Å². The molecule has 0 saturated carbocycles. The first-order valence-electron chi connectivity index (χ1n) is 7.15. The van der Waals surface area contributed by atoms with Crippen molar-refractivity contribution in [3.63, 3.8) is 0 Å². The van der Waals surface area contributed by atoms with Gasteiger partial charge in [-0.3, -0.25) is 4.79 Å². The molecule has 0 bridgehead atoms. The Balaban J connectivity index is 2.11. The number of nitrogens with one attached hydrogen (secondary N) is 1. The number of carbonyl (C=O) groups is 2. The number of aromatic hydroxyl groups is 1. The van der Waals surface area contributed by atoms with Crippen molar-refractivity contribution in [1.82, 2.24) is 0 Å². The van der Waals surface area contributed by atoms with Crippen molar-refractivity contribution in [1.29, 1.82) is 0 Å². The molecule has 0 saturated heterocycles. The lowest BCUT2D eigenvalue weighted by Gasteiger charge is -2.16. The minimum Gasteiger partial charge on any atom is -0.507 e. The molecule has 0 fully saturated rings. The summed E-state index contributed by atoms with van der Waals surface area (Å²) in [6, 6.07) is 7.50. The lowest BCUT2D eigenvalue weighted by molar-refractivity contribution is -0.123. The predicted octanol–water partition coefficient (Wildman–Crippen LogP) is 4.84. The van der Waals surface area contributed by atoms with Crippen LogP contribution in [0.5, 0.6) is 5.75 Å². The van der Waals surface area contributed by atoms with Crippen molar-refractivity contribution in [2.24, 2.45) is 0 Å². The minimum absolute atomic E-state index is 0.0257. The number of benzene rings is 2. The fourth-order valence-corrected chi connectivity index (χ4v) is 2.90. The van der Waals surface area contributed by atoms with Gasteiger partial charge in [0, 0.05) is 5.02 Å². The molecule has 2 N–H and O–H groups in total. The van der Waals surface area contributed by atoms with Crippen molar-refractivity contribution < 1.29 is 19.4 Å². The molecular formula is C17H14Cl3NO4. The molecule has 0 unspecified atom stereocenters. The fourth-order valence-electron chi connectivity index (χ4n) is 1.99. The average Bonchev–Trinajstić information content (AvgIpc) is 2.52. The number of para-hydroxylation sites is 1. The van der Waals surface area contributed by atoms with Gasteiger partial charge in [0.2, 0.25) is 0 Å². The standard InChI is InChI=1S/C17H14Cl3NO4/c1-8-4-3-5-11(15(8)22)17(24)25-9(2)16(23)21-14-12(19)6-10(18)7-13(14)20/h3-7,9,22H,1-2H3,(H,21,23)/t9-/m0/s1. The number of anilines is 1. The first-order valence-corrected chi connectivity index (χ1v) is 8.29. The van der Waals surface area contributed by atoms with E-state index in [0.717, 1.165) is 0 Å². The molecule has 0 heterocycles. The summed E-state index contributed by atoms with van der Waals surface area (Å²) in [5.74, 6) is -1.65. The fraction of sp³-hybridized carbons (Fsp3) is 0.176. The van der Waals surface area contributed by atoms with Crippen molar-refractivity contribution in [3.8, 4) is 5.75 Å². The normalized spacial score (nSPS) is 11.7. The first kappa shape index (κ1) is 19.4. The van der Waals surface area contributed by atoms with Crippen LogP contribution in [-0.4, -0.2) is 23.1 Å². The minimum atomic E-state index is -1.14. The van der Waals surface area contributed by atoms with E-state index in [1.807, 2.05) is 0 Å². The van der Waals surface area contributed by atoms with E-state index >= 15 is 0 Å². The summed E-state index contributed by atoms with van der Waals surface area (Å²) >= 11 is 17.8. The number of aryl methyl sites for hydroxylation is 1. The molecule has 5 nitrogen and oxygen atoms in total. The molecule has 2 aromatic rings. The van der Waals surface area contributed by atoms with E-state index in [9.17, 15) is 14.7 Å². The van der Waals surface area contributed by atoms with Gasteiger partial charge in [-0.1, -0.05) is 46.9 Å². The Labute approximate surface area is 159 Å². The monoisotopic (exact) mass is 401 g/mol. The SMILES string of the molecule is Cc1cccc(C(=O)O[C@@H](C)C(=O)Nc2c(Cl)cc(Cl)cc2Cl)c1O. The second kappa shape index (κ2) is 7.95. The Morgan fingerprint density at radius 1 is 1.16 bits per heavy atom. The summed E-state index contributed by atoms with van der Waals surface area (Å²) < 4.78 is 5.09. The van der Waals surface area contributed by atoms with E-state index in [-0.39, 0.29) is 27.0 Å². The molecule has 8 heteroatoms. The number of ether oxygens (including phenoxy) is 1. The van der Waals surface area contributed by atoms with Gasteiger partial charge in [-0.25, -0.2) is 4.79 Å². The lowest BCUT2D eigenvalue weighted by Crippen LogP contribution is -2.30. The van der Waals surface area contributed by atoms with Crippen molar-refractivity contribution in [2.45, 2.75) is 20.0 Å². The molecule has 0 aromatic heterocycles. The van der Waals surface area contributed by atoms with Gasteiger partial charge >= 0.3 is 5.97 Å². The summed E-state index contributed by atoms with van der Waals surface area (Å²) in [7, 11) is 0. The van der Waals surface area contributed by atoms with Crippen LogP contribution in [0.3, 0.4) is 0 Å².